The number of amides is 3. The molecule has 3 amide bonds. The van der Waals surface area contributed by atoms with Crippen molar-refractivity contribution in [1.29, 1.82) is 0 Å². The fourth-order valence-corrected chi connectivity index (χ4v) is 5.64. The van der Waals surface area contributed by atoms with E-state index in [1.54, 1.807) is 60.4 Å². The van der Waals surface area contributed by atoms with Gasteiger partial charge in [0, 0.05) is 17.7 Å². The molecule has 3 aromatic rings. The minimum absolute atomic E-state index is 0.141. The lowest BCUT2D eigenvalue weighted by atomic mass is 10.0. The van der Waals surface area contributed by atoms with E-state index in [4.69, 9.17) is 9.47 Å². The fourth-order valence-electron chi connectivity index (χ4n) is 5.64. The van der Waals surface area contributed by atoms with Gasteiger partial charge in [-0.05, 0) is 52.0 Å². The molecule has 1 unspecified atom stereocenters. The zero-order valence-corrected chi connectivity index (χ0v) is 24.5. The molecule has 0 spiro atoms. The van der Waals surface area contributed by atoms with Gasteiger partial charge in [0.2, 0.25) is 0 Å². The first kappa shape index (κ1) is 29.1. The number of hydrogen-bond acceptors (Lipinski definition) is 7. The largest absolute Gasteiger partial charge is 0.498 e. The third-order valence-corrected chi connectivity index (χ3v) is 7.74. The molecule has 5 rings (SSSR count). The van der Waals surface area contributed by atoms with Crippen LogP contribution in [0.15, 0.2) is 60.8 Å². The standard InChI is InChI=1S/C31H37N5O6/c1-22-32-18-26-19-34(28(37)35(22)26)24-10-12-27(13-11-24)41-17-14-25-21-36(30(39)40,20-23-8-6-5-7-9-23)16-15-33(25)29(38)42-31(2,3)4/h5-13,18,25H,14-17,19-21H2,1-4H3/t25-,36?/m1/s1. The summed E-state index contributed by atoms with van der Waals surface area (Å²) in [6, 6.07) is 16.1. The third kappa shape index (κ3) is 6.11. The molecular formula is C31H37N5O6. The van der Waals surface area contributed by atoms with Crippen LogP contribution in [0.2, 0.25) is 0 Å². The van der Waals surface area contributed by atoms with Crippen LogP contribution >= 0.6 is 0 Å². The molecule has 2 aliphatic rings. The Kier molecular flexibility index (Phi) is 7.96. The second-order valence-electron chi connectivity index (χ2n) is 11.9. The van der Waals surface area contributed by atoms with Gasteiger partial charge in [0.15, 0.2) is 0 Å². The number of rotatable bonds is 7. The number of nitrogens with zero attached hydrogens (tertiary/aromatic N) is 5. The molecule has 11 heteroatoms. The number of carbonyl (C=O) groups is 3. The number of piperazine rings is 1. The molecule has 1 aromatic heterocycles. The first-order valence-electron chi connectivity index (χ1n) is 14.1. The summed E-state index contributed by atoms with van der Waals surface area (Å²) in [7, 11) is 0. The second kappa shape index (κ2) is 11.5. The van der Waals surface area contributed by atoms with Gasteiger partial charge in [0.1, 0.15) is 36.8 Å². The Bertz CT molecular complexity index is 1450. The van der Waals surface area contributed by atoms with Crippen molar-refractivity contribution in [2.45, 2.75) is 58.8 Å². The number of carbonyl (C=O) groups excluding carboxylic acids is 3. The van der Waals surface area contributed by atoms with Crippen molar-refractivity contribution in [3.63, 3.8) is 0 Å². The SMILES string of the molecule is Cc1ncc2n1C(=O)N(c1ccc(OCC[C@@H]3C[N+](Cc4ccccc4)(C(=O)[O-])CCN3C(=O)OC(C)(C)C)cc1)C2. The minimum Gasteiger partial charge on any atom is -0.498 e. The smallest absolute Gasteiger partial charge is 0.410 e. The molecule has 0 radical (unpaired) electrons. The number of fused-ring (bicyclic) bond motifs is 1. The van der Waals surface area contributed by atoms with Gasteiger partial charge in [-0.3, -0.25) is 18.8 Å². The lowest BCUT2D eigenvalue weighted by Gasteiger charge is -2.48. The highest BCUT2D eigenvalue weighted by Crippen LogP contribution is 2.28. The van der Waals surface area contributed by atoms with E-state index in [2.05, 4.69) is 4.98 Å². The predicted octanol–water partition coefficient (Wildman–Crippen LogP) is 3.93. The number of carboxylic acid groups (broad SMARTS) is 1. The summed E-state index contributed by atoms with van der Waals surface area (Å²) in [5, 5.41) is 12.5. The Morgan fingerprint density at radius 3 is 2.45 bits per heavy atom. The first-order valence-corrected chi connectivity index (χ1v) is 14.1. The minimum atomic E-state index is -1.17. The molecule has 222 valence electrons. The van der Waals surface area contributed by atoms with E-state index in [1.807, 2.05) is 42.5 Å². The molecule has 1 fully saturated rings. The van der Waals surface area contributed by atoms with Crippen molar-refractivity contribution in [3.05, 3.63) is 77.9 Å². The van der Waals surface area contributed by atoms with Crippen LogP contribution in [0.25, 0.3) is 0 Å². The molecule has 1 saturated heterocycles. The van der Waals surface area contributed by atoms with E-state index in [1.165, 1.54) is 0 Å². The second-order valence-corrected chi connectivity index (χ2v) is 11.9. The molecule has 11 nitrogen and oxygen atoms in total. The zero-order chi connectivity index (χ0) is 30.1. The number of benzene rings is 2. The van der Waals surface area contributed by atoms with Crippen LogP contribution in [0.1, 0.15) is 44.3 Å². The van der Waals surface area contributed by atoms with Crippen molar-refractivity contribution in [2.24, 2.45) is 0 Å². The van der Waals surface area contributed by atoms with Crippen LogP contribution in [0.5, 0.6) is 5.75 Å². The Hall–Kier alpha value is -4.38. The predicted molar refractivity (Wildman–Crippen MR) is 153 cm³/mol. The lowest BCUT2D eigenvalue weighted by molar-refractivity contribution is -0.895. The van der Waals surface area contributed by atoms with Crippen molar-refractivity contribution < 1.29 is 33.4 Å². The fraction of sp³-hybridized carbons (Fsp3) is 0.419. The maximum atomic E-state index is 13.1. The van der Waals surface area contributed by atoms with Crippen LogP contribution < -0.4 is 14.7 Å². The Labute approximate surface area is 245 Å². The van der Waals surface area contributed by atoms with E-state index in [9.17, 15) is 19.5 Å². The molecule has 0 bridgehead atoms. The number of ether oxygens (including phenoxy) is 2. The van der Waals surface area contributed by atoms with Crippen LogP contribution in [0.4, 0.5) is 20.1 Å². The summed E-state index contributed by atoms with van der Waals surface area (Å²) in [5.41, 5.74) is 1.79. The van der Waals surface area contributed by atoms with Gasteiger partial charge in [0.25, 0.3) is 6.09 Å². The van der Waals surface area contributed by atoms with Gasteiger partial charge in [0.05, 0.1) is 37.6 Å². The van der Waals surface area contributed by atoms with Gasteiger partial charge < -0.3 is 19.4 Å². The summed E-state index contributed by atoms with van der Waals surface area (Å²) < 4.78 is 13.0. The van der Waals surface area contributed by atoms with Gasteiger partial charge in [-0.15, -0.1) is 0 Å². The average Bonchev–Trinajstić information content (AvgIpc) is 3.47. The van der Waals surface area contributed by atoms with Crippen molar-refractivity contribution in [2.75, 3.05) is 31.1 Å². The molecule has 2 atom stereocenters. The van der Waals surface area contributed by atoms with Gasteiger partial charge in [-0.2, -0.15) is 0 Å². The summed E-state index contributed by atoms with van der Waals surface area (Å²) >= 11 is 0. The number of hydrogen-bond donors (Lipinski definition) is 0. The molecular weight excluding hydrogens is 538 g/mol. The number of aryl methyl sites for hydroxylation is 1. The number of aromatic nitrogens is 2. The summed E-state index contributed by atoms with van der Waals surface area (Å²) in [6.07, 6.45) is 0.469. The molecule has 2 aromatic carbocycles. The maximum Gasteiger partial charge on any atom is 0.410 e. The number of imidazole rings is 1. The molecule has 2 aliphatic heterocycles. The van der Waals surface area contributed by atoms with E-state index in [0.29, 0.717) is 24.5 Å². The van der Waals surface area contributed by atoms with Gasteiger partial charge >= 0.3 is 12.1 Å². The number of quaternary nitrogens is 1. The summed E-state index contributed by atoms with van der Waals surface area (Å²) in [4.78, 5) is 46.0. The highest BCUT2D eigenvalue weighted by Gasteiger charge is 2.44. The highest BCUT2D eigenvalue weighted by molar-refractivity contribution is 5.96. The van der Waals surface area contributed by atoms with Crippen molar-refractivity contribution in [3.8, 4) is 5.75 Å². The highest BCUT2D eigenvalue weighted by atomic mass is 16.6. The zero-order valence-electron chi connectivity index (χ0n) is 24.5. The van der Waals surface area contributed by atoms with Crippen molar-refractivity contribution in [1.82, 2.24) is 14.5 Å². The first-order chi connectivity index (χ1) is 20.0. The lowest BCUT2D eigenvalue weighted by Crippen LogP contribution is -2.69. The number of anilines is 1. The van der Waals surface area contributed by atoms with E-state index in [-0.39, 0.29) is 43.3 Å². The van der Waals surface area contributed by atoms with E-state index < -0.39 is 23.8 Å². The Morgan fingerprint density at radius 2 is 1.81 bits per heavy atom. The topological polar surface area (TPSA) is 117 Å². The molecule has 3 heterocycles. The normalized spacial score (nSPS) is 20.4. The molecule has 0 N–H and O–H groups in total. The van der Waals surface area contributed by atoms with Gasteiger partial charge in [-0.1, -0.05) is 30.3 Å². The maximum absolute atomic E-state index is 13.1. The van der Waals surface area contributed by atoms with Crippen LogP contribution in [-0.4, -0.2) is 75.0 Å². The van der Waals surface area contributed by atoms with Crippen LogP contribution in [0.3, 0.4) is 0 Å². The Balaban J connectivity index is 1.26. The molecule has 0 saturated carbocycles. The summed E-state index contributed by atoms with van der Waals surface area (Å²) in [6.45, 7) is 8.78. The van der Waals surface area contributed by atoms with Crippen LogP contribution in [-0.2, 0) is 17.8 Å². The van der Waals surface area contributed by atoms with E-state index in [0.717, 1.165) is 16.9 Å². The summed E-state index contributed by atoms with van der Waals surface area (Å²) in [5.74, 6) is 1.26. The van der Waals surface area contributed by atoms with Crippen molar-refractivity contribution >= 4 is 23.9 Å². The third-order valence-electron chi connectivity index (χ3n) is 7.74. The van der Waals surface area contributed by atoms with E-state index >= 15 is 0 Å². The van der Waals surface area contributed by atoms with Crippen LogP contribution in [0, 0.1) is 6.92 Å². The molecule has 0 aliphatic carbocycles. The quantitative estimate of drug-likeness (QED) is 0.392. The Morgan fingerprint density at radius 1 is 1.10 bits per heavy atom. The molecule has 42 heavy (non-hydrogen) atoms. The average molecular weight is 576 g/mol. The monoisotopic (exact) mass is 575 g/mol. The van der Waals surface area contributed by atoms with Gasteiger partial charge in [-0.25, -0.2) is 14.6 Å².